The van der Waals surface area contributed by atoms with Crippen molar-refractivity contribution in [3.63, 3.8) is 0 Å². The second-order valence-electron chi connectivity index (χ2n) is 5.63. The number of aliphatic hydroxyl groups excluding tert-OH is 1. The molecule has 1 aliphatic carbocycles. The van der Waals surface area contributed by atoms with Crippen molar-refractivity contribution < 1.29 is 18.8 Å². The van der Waals surface area contributed by atoms with Gasteiger partial charge in [-0.05, 0) is 42.4 Å². The molecule has 120 valence electrons. The van der Waals surface area contributed by atoms with Crippen molar-refractivity contribution in [3.8, 4) is 0 Å². The maximum atomic E-state index is 14.0. The number of benzene rings is 1. The Kier molecular flexibility index (Phi) is 4.04. The highest BCUT2D eigenvalue weighted by Gasteiger charge is 2.28. The van der Waals surface area contributed by atoms with Crippen molar-refractivity contribution >= 4 is 5.69 Å². The summed E-state index contributed by atoms with van der Waals surface area (Å²) in [6, 6.07) is 5.33. The number of hydrogen-bond acceptors (Lipinski definition) is 4. The summed E-state index contributed by atoms with van der Waals surface area (Å²) in [5, 5.41) is 21.1. The van der Waals surface area contributed by atoms with E-state index in [1.807, 2.05) is 0 Å². The Morgan fingerprint density at radius 3 is 2.83 bits per heavy atom. The Balaban J connectivity index is 2.03. The molecular formula is C16H14F2N2O3. The predicted molar refractivity (Wildman–Crippen MR) is 77.9 cm³/mol. The van der Waals surface area contributed by atoms with E-state index in [1.54, 1.807) is 0 Å². The van der Waals surface area contributed by atoms with Crippen LogP contribution >= 0.6 is 0 Å². The Hall–Kier alpha value is -2.41. The van der Waals surface area contributed by atoms with Gasteiger partial charge in [-0.25, -0.2) is 8.78 Å². The standard InChI is InChI=1S/C16H14F2N2O3/c17-13-3-1-2-12(15(13)18)9-4-5-14(21)16-10(6-9)7-11(8-19-16)20(22)23/h1-3,7-9,14,21H,4-6H2/t9-,14-/m1/s1. The fourth-order valence-electron chi connectivity index (χ4n) is 3.04. The molecule has 0 radical (unpaired) electrons. The number of nitro groups is 1. The highest BCUT2D eigenvalue weighted by molar-refractivity contribution is 5.38. The van der Waals surface area contributed by atoms with Crippen LogP contribution in [0.15, 0.2) is 30.5 Å². The topological polar surface area (TPSA) is 76.3 Å². The van der Waals surface area contributed by atoms with E-state index in [2.05, 4.69) is 4.98 Å². The zero-order valence-electron chi connectivity index (χ0n) is 12.1. The highest BCUT2D eigenvalue weighted by atomic mass is 19.2. The van der Waals surface area contributed by atoms with Gasteiger partial charge < -0.3 is 5.11 Å². The van der Waals surface area contributed by atoms with Gasteiger partial charge in [-0.1, -0.05) is 12.1 Å². The van der Waals surface area contributed by atoms with E-state index < -0.39 is 22.7 Å². The van der Waals surface area contributed by atoms with Crippen LogP contribution in [0.5, 0.6) is 0 Å². The third-order valence-corrected chi connectivity index (χ3v) is 4.19. The van der Waals surface area contributed by atoms with E-state index in [1.165, 1.54) is 18.2 Å². The smallest absolute Gasteiger partial charge is 0.287 e. The lowest BCUT2D eigenvalue weighted by Crippen LogP contribution is -2.06. The largest absolute Gasteiger partial charge is 0.387 e. The van der Waals surface area contributed by atoms with Crippen molar-refractivity contribution in [2.75, 3.05) is 0 Å². The number of rotatable bonds is 2. The molecule has 1 aliphatic rings. The van der Waals surface area contributed by atoms with Crippen molar-refractivity contribution in [1.29, 1.82) is 0 Å². The number of nitrogens with zero attached hydrogens (tertiary/aromatic N) is 2. The number of aromatic nitrogens is 1. The predicted octanol–water partition coefficient (Wildman–Crippen LogP) is 3.42. The van der Waals surface area contributed by atoms with Crippen LogP contribution in [-0.4, -0.2) is 15.0 Å². The molecule has 0 amide bonds. The Bertz CT molecular complexity index is 767. The first-order chi connectivity index (χ1) is 11.0. The first-order valence-corrected chi connectivity index (χ1v) is 7.22. The van der Waals surface area contributed by atoms with Gasteiger partial charge in [0.2, 0.25) is 0 Å². The fourth-order valence-corrected chi connectivity index (χ4v) is 3.04. The lowest BCUT2D eigenvalue weighted by molar-refractivity contribution is -0.385. The third kappa shape index (κ3) is 2.92. The molecule has 3 rings (SSSR count). The summed E-state index contributed by atoms with van der Waals surface area (Å²) in [7, 11) is 0. The van der Waals surface area contributed by atoms with Crippen molar-refractivity contribution in [1.82, 2.24) is 4.98 Å². The minimum absolute atomic E-state index is 0.184. The Morgan fingerprint density at radius 1 is 1.30 bits per heavy atom. The monoisotopic (exact) mass is 320 g/mol. The van der Waals surface area contributed by atoms with Gasteiger partial charge in [0.1, 0.15) is 6.20 Å². The number of aliphatic hydroxyl groups is 1. The van der Waals surface area contributed by atoms with Crippen LogP contribution in [0.1, 0.15) is 41.7 Å². The molecule has 1 N–H and O–H groups in total. The number of hydrogen-bond donors (Lipinski definition) is 1. The maximum Gasteiger partial charge on any atom is 0.287 e. The molecule has 0 bridgehead atoms. The Morgan fingerprint density at radius 2 is 2.09 bits per heavy atom. The van der Waals surface area contributed by atoms with Gasteiger partial charge in [-0.3, -0.25) is 15.1 Å². The lowest BCUT2D eigenvalue weighted by atomic mass is 9.89. The van der Waals surface area contributed by atoms with Crippen LogP contribution < -0.4 is 0 Å². The minimum atomic E-state index is -0.926. The van der Waals surface area contributed by atoms with Gasteiger partial charge in [0.15, 0.2) is 11.6 Å². The first kappa shape index (κ1) is 15.5. The summed E-state index contributed by atoms with van der Waals surface area (Å²) < 4.78 is 27.5. The Labute approximate surface area is 130 Å². The van der Waals surface area contributed by atoms with E-state index in [-0.39, 0.29) is 23.6 Å². The van der Waals surface area contributed by atoms with E-state index in [0.717, 1.165) is 12.3 Å². The molecule has 23 heavy (non-hydrogen) atoms. The van der Waals surface area contributed by atoms with E-state index in [0.29, 0.717) is 24.1 Å². The molecule has 2 atom stereocenters. The van der Waals surface area contributed by atoms with Crippen LogP contribution in [0.2, 0.25) is 0 Å². The lowest BCUT2D eigenvalue weighted by Gasteiger charge is -2.16. The van der Waals surface area contributed by atoms with Crippen LogP contribution in [0.4, 0.5) is 14.5 Å². The van der Waals surface area contributed by atoms with Crippen molar-refractivity contribution in [2.24, 2.45) is 0 Å². The zero-order chi connectivity index (χ0) is 16.6. The minimum Gasteiger partial charge on any atom is -0.387 e. The molecule has 5 nitrogen and oxygen atoms in total. The van der Waals surface area contributed by atoms with Crippen molar-refractivity contribution in [3.05, 3.63) is 69.0 Å². The molecule has 2 aromatic rings. The highest BCUT2D eigenvalue weighted by Crippen LogP contribution is 2.37. The second kappa shape index (κ2) is 6.00. The SMILES string of the molecule is O=[N+]([O-])c1cnc2c(c1)C[C@H](c1cccc(F)c1F)CC[C@H]2O. The van der Waals surface area contributed by atoms with Gasteiger partial charge in [-0.2, -0.15) is 0 Å². The molecule has 0 fully saturated rings. The van der Waals surface area contributed by atoms with Crippen LogP contribution in [0.3, 0.4) is 0 Å². The normalized spacial score (nSPS) is 20.7. The quantitative estimate of drug-likeness (QED) is 0.522. The summed E-state index contributed by atoms with van der Waals surface area (Å²) in [5.74, 6) is -2.20. The van der Waals surface area contributed by atoms with E-state index in [4.69, 9.17) is 0 Å². The van der Waals surface area contributed by atoms with Crippen LogP contribution in [0.25, 0.3) is 0 Å². The average molecular weight is 320 g/mol. The summed E-state index contributed by atoms with van der Waals surface area (Å²) >= 11 is 0. The summed E-state index contributed by atoms with van der Waals surface area (Å²) in [5.41, 5.74) is 0.903. The van der Waals surface area contributed by atoms with Gasteiger partial charge in [0.05, 0.1) is 16.7 Å². The summed E-state index contributed by atoms with van der Waals surface area (Å²) in [6.07, 6.45) is 1.27. The van der Waals surface area contributed by atoms with Gasteiger partial charge >= 0.3 is 0 Å². The molecule has 0 saturated heterocycles. The number of pyridine rings is 1. The molecule has 0 unspecified atom stereocenters. The fraction of sp³-hybridized carbons (Fsp3) is 0.312. The number of halogens is 2. The zero-order valence-corrected chi connectivity index (χ0v) is 12.1. The van der Waals surface area contributed by atoms with Crippen LogP contribution in [-0.2, 0) is 6.42 Å². The average Bonchev–Trinajstić information content (AvgIpc) is 2.69. The third-order valence-electron chi connectivity index (χ3n) is 4.19. The summed E-state index contributed by atoms with van der Waals surface area (Å²) in [6.45, 7) is 0. The molecule has 0 spiro atoms. The molecule has 7 heteroatoms. The first-order valence-electron chi connectivity index (χ1n) is 7.22. The molecule has 1 heterocycles. The number of fused-ring (bicyclic) bond motifs is 1. The summed E-state index contributed by atoms with van der Waals surface area (Å²) in [4.78, 5) is 14.3. The molecular weight excluding hydrogens is 306 g/mol. The van der Waals surface area contributed by atoms with Gasteiger partial charge in [-0.15, -0.1) is 0 Å². The van der Waals surface area contributed by atoms with Crippen molar-refractivity contribution in [2.45, 2.75) is 31.3 Å². The molecule has 1 aromatic carbocycles. The van der Waals surface area contributed by atoms with Gasteiger partial charge in [0.25, 0.3) is 5.69 Å². The second-order valence-corrected chi connectivity index (χ2v) is 5.63. The molecule has 0 saturated carbocycles. The maximum absolute atomic E-state index is 14.0. The molecule has 0 aliphatic heterocycles. The van der Waals surface area contributed by atoms with E-state index in [9.17, 15) is 24.0 Å². The van der Waals surface area contributed by atoms with Crippen LogP contribution in [0, 0.1) is 21.7 Å². The van der Waals surface area contributed by atoms with E-state index >= 15 is 0 Å². The molecule has 1 aromatic heterocycles. The van der Waals surface area contributed by atoms with Gasteiger partial charge in [0, 0.05) is 6.07 Å².